The lowest BCUT2D eigenvalue weighted by molar-refractivity contribution is -0.254. The zero-order chi connectivity index (χ0) is 26.8. The summed E-state index contributed by atoms with van der Waals surface area (Å²) in [6.07, 6.45) is -2.42. The lowest BCUT2D eigenvalue weighted by Gasteiger charge is -2.44. The van der Waals surface area contributed by atoms with Gasteiger partial charge in [-0.1, -0.05) is 18.2 Å². The molecule has 2 aromatic rings. The van der Waals surface area contributed by atoms with Crippen molar-refractivity contribution in [3.63, 3.8) is 0 Å². The molecule has 2 heterocycles. The van der Waals surface area contributed by atoms with Gasteiger partial charge in [0.05, 0.1) is 30.8 Å². The molecule has 2 aliphatic rings. The molecule has 0 amide bonds. The molecule has 1 N–H and O–H groups in total. The van der Waals surface area contributed by atoms with E-state index in [0.29, 0.717) is 11.5 Å². The number of sulfonamides is 1. The van der Waals surface area contributed by atoms with Gasteiger partial charge < -0.3 is 28.4 Å². The Morgan fingerprint density at radius 1 is 1.00 bits per heavy atom. The van der Waals surface area contributed by atoms with E-state index in [1.807, 2.05) is 18.2 Å². The van der Waals surface area contributed by atoms with Crippen LogP contribution in [0.1, 0.15) is 27.7 Å². The third-order valence-corrected chi connectivity index (χ3v) is 7.43. The maximum absolute atomic E-state index is 13.4. The zero-order valence-corrected chi connectivity index (χ0v) is 22.3. The number of benzene rings is 2. The highest BCUT2D eigenvalue weighted by molar-refractivity contribution is 7.89. The highest BCUT2D eigenvalue weighted by atomic mass is 32.2. The van der Waals surface area contributed by atoms with Gasteiger partial charge in [-0.3, -0.25) is 4.79 Å². The van der Waals surface area contributed by atoms with E-state index in [1.54, 1.807) is 39.8 Å². The predicted molar refractivity (Wildman–Crippen MR) is 133 cm³/mol. The summed E-state index contributed by atoms with van der Waals surface area (Å²) in [4.78, 5) is 12.8. The van der Waals surface area contributed by atoms with Crippen molar-refractivity contribution in [1.82, 2.24) is 4.72 Å². The number of esters is 1. The second-order valence-corrected chi connectivity index (χ2v) is 11.7. The van der Waals surface area contributed by atoms with Crippen molar-refractivity contribution in [2.75, 3.05) is 20.3 Å². The maximum Gasteiger partial charge on any atom is 0.326 e. The van der Waals surface area contributed by atoms with Gasteiger partial charge in [0.15, 0.2) is 5.79 Å². The Morgan fingerprint density at radius 3 is 2.24 bits per heavy atom. The molecule has 2 aliphatic heterocycles. The lowest BCUT2D eigenvalue weighted by Crippen LogP contribution is -2.63. The SMILES string of the molecule is COC(=O)[C@H](NS(=O)(=O)c1ccc(Oc2ccccc2)cc1)[C@H]1OC(C)(C)CO[C@@H]1[C@@H]1COC(C)(C)O1. The molecular weight excluding hydrogens is 502 g/mol. The smallest absolute Gasteiger partial charge is 0.326 e. The molecule has 2 fully saturated rings. The summed E-state index contributed by atoms with van der Waals surface area (Å²) >= 11 is 0. The van der Waals surface area contributed by atoms with E-state index in [0.717, 1.165) is 0 Å². The fourth-order valence-corrected chi connectivity index (χ4v) is 5.43. The van der Waals surface area contributed by atoms with E-state index < -0.39 is 51.7 Å². The molecule has 0 saturated carbocycles. The molecule has 4 atom stereocenters. The first kappa shape index (κ1) is 27.5. The fraction of sp³-hybridized carbons (Fsp3) is 0.500. The molecule has 10 nitrogen and oxygen atoms in total. The van der Waals surface area contributed by atoms with Crippen molar-refractivity contribution < 1.29 is 41.6 Å². The van der Waals surface area contributed by atoms with Crippen LogP contribution in [0.2, 0.25) is 0 Å². The molecule has 2 aromatic carbocycles. The number of rotatable bonds is 8. The van der Waals surface area contributed by atoms with Crippen molar-refractivity contribution in [3.8, 4) is 11.5 Å². The Bertz CT molecular complexity index is 1180. The molecule has 0 spiro atoms. The number of carbonyl (C=O) groups is 1. The second-order valence-electron chi connectivity index (χ2n) is 9.99. The standard InChI is InChI=1S/C26H33NO9S/c1-25(2)16-32-22(20-15-33-26(3,4)35-20)23(36-25)21(24(28)31-5)27-37(29,30)19-13-11-18(12-14-19)34-17-9-7-6-8-10-17/h6-14,20-23,27H,15-16H2,1-5H3/t20-,21+,22+,23+/m0/s1. The van der Waals surface area contributed by atoms with Crippen LogP contribution in [0.4, 0.5) is 0 Å². The lowest BCUT2D eigenvalue weighted by atomic mass is 9.97. The quantitative estimate of drug-likeness (QED) is 0.509. The Kier molecular flexibility index (Phi) is 7.93. The largest absolute Gasteiger partial charge is 0.468 e. The van der Waals surface area contributed by atoms with Crippen LogP contribution in [0.5, 0.6) is 11.5 Å². The van der Waals surface area contributed by atoms with Crippen molar-refractivity contribution >= 4 is 16.0 Å². The Hall–Kier alpha value is -2.54. The van der Waals surface area contributed by atoms with Crippen molar-refractivity contribution in [2.45, 2.75) is 68.3 Å². The van der Waals surface area contributed by atoms with E-state index in [-0.39, 0.29) is 18.1 Å². The first-order valence-corrected chi connectivity index (χ1v) is 13.4. The third kappa shape index (κ3) is 6.67. The number of ether oxygens (including phenoxy) is 6. The minimum Gasteiger partial charge on any atom is -0.468 e. The molecule has 37 heavy (non-hydrogen) atoms. The van der Waals surface area contributed by atoms with Gasteiger partial charge in [-0.2, -0.15) is 4.72 Å². The molecule has 0 aromatic heterocycles. The van der Waals surface area contributed by atoms with Gasteiger partial charge in [0, 0.05) is 0 Å². The molecule has 0 radical (unpaired) electrons. The molecule has 0 bridgehead atoms. The minimum atomic E-state index is -4.17. The number of nitrogens with one attached hydrogen (secondary N) is 1. The van der Waals surface area contributed by atoms with Crippen LogP contribution in [0, 0.1) is 0 Å². The molecule has 202 valence electrons. The molecular formula is C26H33NO9S. The minimum absolute atomic E-state index is 0.0593. The fourth-order valence-electron chi connectivity index (χ4n) is 4.24. The average Bonchev–Trinajstić information content (AvgIpc) is 3.21. The van der Waals surface area contributed by atoms with Gasteiger partial charge >= 0.3 is 5.97 Å². The van der Waals surface area contributed by atoms with Gasteiger partial charge in [-0.05, 0) is 64.1 Å². The monoisotopic (exact) mass is 535 g/mol. The van der Waals surface area contributed by atoms with E-state index in [4.69, 9.17) is 28.4 Å². The maximum atomic E-state index is 13.4. The van der Waals surface area contributed by atoms with E-state index in [2.05, 4.69) is 4.72 Å². The molecule has 0 aliphatic carbocycles. The predicted octanol–water partition coefficient (Wildman–Crippen LogP) is 3.01. The second kappa shape index (κ2) is 10.7. The van der Waals surface area contributed by atoms with Gasteiger partial charge in [0.25, 0.3) is 0 Å². The van der Waals surface area contributed by atoms with Gasteiger partial charge in [0.2, 0.25) is 10.0 Å². The number of hydrogen-bond donors (Lipinski definition) is 1. The highest BCUT2D eigenvalue weighted by Gasteiger charge is 2.51. The van der Waals surface area contributed by atoms with Gasteiger partial charge in [0.1, 0.15) is 35.9 Å². The summed E-state index contributed by atoms with van der Waals surface area (Å²) in [5.41, 5.74) is -0.787. The van der Waals surface area contributed by atoms with Crippen LogP contribution in [0.3, 0.4) is 0 Å². The first-order chi connectivity index (χ1) is 17.4. The number of methoxy groups -OCH3 is 1. The van der Waals surface area contributed by atoms with Crippen LogP contribution < -0.4 is 9.46 Å². The summed E-state index contributed by atoms with van der Waals surface area (Å²) in [6, 6.07) is 13.6. The van der Waals surface area contributed by atoms with Crippen LogP contribution in [-0.4, -0.2) is 70.5 Å². The average molecular weight is 536 g/mol. The molecule has 11 heteroatoms. The van der Waals surface area contributed by atoms with Crippen LogP contribution in [-0.2, 0) is 38.5 Å². The molecule has 0 unspecified atom stereocenters. The summed E-state index contributed by atoms with van der Waals surface area (Å²) in [5.74, 6) is -0.593. The van der Waals surface area contributed by atoms with E-state index in [1.165, 1.54) is 31.4 Å². The topological polar surface area (TPSA) is 119 Å². The van der Waals surface area contributed by atoms with Crippen molar-refractivity contribution in [1.29, 1.82) is 0 Å². The van der Waals surface area contributed by atoms with Crippen molar-refractivity contribution in [3.05, 3.63) is 54.6 Å². The first-order valence-electron chi connectivity index (χ1n) is 11.9. The zero-order valence-electron chi connectivity index (χ0n) is 21.5. The summed E-state index contributed by atoms with van der Waals surface area (Å²) in [7, 11) is -2.99. The number of carbonyl (C=O) groups excluding carboxylic acids is 1. The Labute approximate surface area is 217 Å². The third-order valence-electron chi connectivity index (χ3n) is 5.98. The van der Waals surface area contributed by atoms with E-state index >= 15 is 0 Å². The number of hydrogen-bond acceptors (Lipinski definition) is 9. The highest BCUT2D eigenvalue weighted by Crippen LogP contribution is 2.34. The van der Waals surface area contributed by atoms with Crippen molar-refractivity contribution in [2.24, 2.45) is 0 Å². The number of para-hydroxylation sites is 1. The molecule has 2 saturated heterocycles. The molecule has 4 rings (SSSR count). The summed E-state index contributed by atoms with van der Waals surface area (Å²) < 4.78 is 63.8. The van der Waals surface area contributed by atoms with Gasteiger partial charge in [-0.15, -0.1) is 0 Å². The van der Waals surface area contributed by atoms with Gasteiger partial charge in [-0.25, -0.2) is 8.42 Å². The summed E-state index contributed by atoms with van der Waals surface area (Å²) in [5, 5.41) is 0. The van der Waals surface area contributed by atoms with E-state index in [9.17, 15) is 13.2 Å². The van der Waals surface area contributed by atoms with Crippen LogP contribution in [0.15, 0.2) is 59.5 Å². The normalized spacial score (nSPS) is 25.8. The Balaban J connectivity index is 1.57. The summed E-state index contributed by atoms with van der Waals surface area (Å²) in [6.45, 7) is 7.53. The van der Waals surface area contributed by atoms with Crippen LogP contribution in [0.25, 0.3) is 0 Å². The van der Waals surface area contributed by atoms with Crippen LogP contribution >= 0.6 is 0 Å². The Morgan fingerprint density at radius 2 is 1.65 bits per heavy atom.